The SMILES string of the molecule is CC(C)(C)C(=O)/C=C(\O)C(C)(C)C.CC(C)(C)c1c[c-]c2c(c1)c1cccc3oc4ccnc2c4c31.CC(C)(C)c1cc[c-]c(-c2cc(C(C)(C)C)ccn2)c1.[Ir]. The van der Waals surface area contributed by atoms with Gasteiger partial charge in [0.2, 0.25) is 0 Å². The van der Waals surface area contributed by atoms with Gasteiger partial charge in [-0.2, -0.15) is 0 Å². The molecule has 303 valence electrons. The molecule has 3 heterocycles. The number of furan rings is 1. The Bertz CT molecular complexity index is 2470. The summed E-state index contributed by atoms with van der Waals surface area (Å²) in [4.78, 5) is 20.6. The van der Waals surface area contributed by atoms with Crippen molar-refractivity contribution in [1.82, 2.24) is 9.97 Å². The van der Waals surface area contributed by atoms with E-state index in [9.17, 15) is 9.90 Å². The van der Waals surface area contributed by atoms with Gasteiger partial charge >= 0.3 is 0 Å². The topological polar surface area (TPSA) is 76.2 Å². The quantitative estimate of drug-likeness (QED) is 0.0809. The number of rotatable bonds is 2. The fourth-order valence-electron chi connectivity index (χ4n) is 6.20. The average molecular weight is 941 g/mol. The van der Waals surface area contributed by atoms with Crippen LogP contribution in [0.1, 0.15) is 121 Å². The molecule has 57 heavy (non-hydrogen) atoms. The first-order chi connectivity index (χ1) is 25.8. The van der Waals surface area contributed by atoms with Crippen LogP contribution in [-0.4, -0.2) is 20.9 Å². The van der Waals surface area contributed by atoms with E-state index in [2.05, 4.69) is 133 Å². The van der Waals surface area contributed by atoms with E-state index in [4.69, 9.17) is 4.42 Å². The minimum Gasteiger partial charge on any atom is -0.512 e. The Kier molecular flexibility index (Phi) is 13.1. The summed E-state index contributed by atoms with van der Waals surface area (Å²) >= 11 is 0. The van der Waals surface area contributed by atoms with E-state index in [0.29, 0.717) is 0 Å². The normalized spacial score (nSPS) is 12.9. The summed E-state index contributed by atoms with van der Waals surface area (Å²) in [7, 11) is 0. The number of carbonyl (C=O) groups is 1. The zero-order valence-electron chi connectivity index (χ0n) is 36.6. The summed E-state index contributed by atoms with van der Waals surface area (Å²) in [6.45, 7) is 31.2. The molecule has 0 saturated heterocycles. The van der Waals surface area contributed by atoms with Gasteiger partial charge in [0, 0.05) is 65.7 Å². The van der Waals surface area contributed by atoms with E-state index < -0.39 is 5.41 Å². The second kappa shape index (κ2) is 16.5. The Balaban J connectivity index is 0.000000196. The van der Waals surface area contributed by atoms with Crippen molar-refractivity contribution in [3.8, 4) is 11.3 Å². The number of allylic oxidation sites excluding steroid dienone is 2. The molecule has 0 amide bonds. The molecule has 0 spiro atoms. The molecule has 0 aliphatic heterocycles. The molecule has 0 fully saturated rings. The van der Waals surface area contributed by atoms with Gasteiger partial charge in [-0.15, -0.1) is 64.5 Å². The summed E-state index contributed by atoms with van der Waals surface area (Å²) < 4.78 is 6.03. The van der Waals surface area contributed by atoms with E-state index >= 15 is 0 Å². The molecule has 7 aromatic rings. The first-order valence-corrected chi connectivity index (χ1v) is 19.6. The van der Waals surface area contributed by atoms with Gasteiger partial charge < -0.3 is 19.5 Å². The predicted octanol–water partition coefficient (Wildman–Crippen LogP) is 14.1. The Morgan fingerprint density at radius 1 is 0.649 bits per heavy atom. The van der Waals surface area contributed by atoms with Gasteiger partial charge in [-0.1, -0.05) is 127 Å². The van der Waals surface area contributed by atoms with Gasteiger partial charge in [0.1, 0.15) is 16.9 Å². The molecule has 1 N–H and O–H groups in total. The van der Waals surface area contributed by atoms with Crippen LogP contribution >= 0.6 is 0 Å². The second-order valence-corrected chi connectivity index (χ2v) is 20.1. The number of nitrogens with zero attached hydrogens (tertiary/aromatic N) is 2. The van der Waals surface area contributed by atoms with Crippen LogP contribution in [-0.2, 0) is 41.1 Å². The number of aliphatic hydroxyl groups is 1. The summed E-state index contributed by atoms with van der Waals surface area (Å²) in [6, 6.07) is 30.0. The van der Waals surface area contributed by atoms with Crippen LogP contribution in [0.15, 0.2) is 95.4 Å². The van der Waals surface area contributed by atoms with Gasteiger partial charge in [-0.3, -0.25) is 4.79 Å². The minimum atomic E-state index is -0.417. The third-order valence-electron chi connectivity index (χ3n) is 10.1. The third-order valence-corrected chi connectivity index (χ3v) is 10.1. The van der Waals surface area contributed by atoms with Crippen molar-refractivity contribution in [2.45, 2.75) is 120 Å². The fraction of sp³-hybridized carbons (Fsp3) is 0.392. The number of benzene rings is 4. The Hall–Kier alpha value is -4.38. The first-order valence-electron chi connectivity index (χ1n) is 19.6. The number of pyridine rings is 2. The molecule has 5 nitrogen and oxygen atoms in total. The van der Waals surface area contributed by atoms with E-state index in [0.717, 1.165) is 38.7 Å². The minimum absolute atomic E-state index is 0. The number of fused-ring (bicyclic) bond motifs is 3. The van der Waals surface area contributed by atoms with E-state index in [1.165, 1.54) is 38.9 Å². The molecule has 0 atom stereocenters. The maximum absolute atomic E-state index is 11.5. The smallest absolute Gasteiger partial charge is 0.164 e. The van der Waals surface area contributed by atoms with Gasteiger partial charge in [0.15, 0.2) is 5.78 Å². The summed E-state index contributed by atoms with van der Waals surface area (Å²) in [5.41, 5.74) is 8.40. The number of aliphatic hydroxyl groups excluding tert-OH is 1. The standard InChI is InChI=1S/C21H16NO.C19H24N.C11H20O2.Ir/c1-21(2,3)12-7-8-14-15(11-12)13-5-4-6-16-18(13)19-17(23-16)9-10-22-20(14)19;1-18(2,3)15-9-7-8-14(12-15)17-13-16(10-11-20-17)19(4,5)6;1-10(2,3)8(12)7-9(13)11(4,5)6;/h4-7,9-11H,1-3H3;7,9-13H,1-6H3;7,12H,1-6H3;/q2*-1;;/b;;8-7-;. The molecule has 3 aromatic heterocycles. The van der Waals surface area contributed by atoms with Crippen LogP contribution in [0.3, 0.4) is 0 Å². The largest absolute Gasteiger partial charge is 0.512 e. The zero-order valence-corrected chi connectivity index (χ0v) is 39.0. The molecule has 4 aromatic carbocycles. The number of aromatic nitrogens is 2. The summed E-state index contributed by atoms with van der Waals surface area (Å²) in [5, 5.41) is 15.4. The molecule has 0 saturated carbocycles. The number of hydrogen-bond donors (Lipinski definition) is 1. The zero-order chi connectivity index (χ0) is 41.6. The predicted molar refractivity (Wildman–Crippen MR) is 236 cm³/mol. The maximum Gasteiger partial charge on any atom is 0.164 e. The molecule has 0 unspecified atom stereocenters. The van der Waals surface area contributed by atoms with Crippen molar-refractivity contribution in [1.29, 1.82) is 0 Å². The van der Waals surface area contributed by atoms with Gasteiger partial charge in [0.05, 0.1) is 0 Å². The number of ketones is 1. The molecule has 7 rings (SSSR count). The molecule has 6 heteroatoms. The first kappa shape index (κ1) is 45.3. The van der Waals surface area contributed by atoms with Crippen LogP contribution in [0.2, 0.25) is 0 Å². The summed E-state index contributed by atoms with van der Waals surface area (Å²) in [6.07, 6.45) is 5.05. The van der Waals surface area contributed by atoms with Gasteiger partial charge in [-0.25, -0.2) is 0 Å². The molecule has 1 radical (unpaired) electrons. The number of hydrogen-bond acceptors (Lipinski definition) is 5. The van der Waals surface area contributed by atoms with Crippen molar-refractivity contribution in [3.05, 3.63) is 120 Å². The van der Waals surface area contributed by atoms with E-state index in [-0.39, 0.29) is 53.3 Å². The van der Waals surface area contributed by atoms with Crippen molar-refractivity contribution in [2.24, 2.45) is 10.8 Å². The Morgan fingerprint density at radius 2 is 1.25 bits per heavy atom. The van der Waals surface area contributed by atoms with Crippen molar-refractivity contribution in [2.75, 3.05) is 0 Å². The molecular formula is C51H60IrN2O3-2. The summed E-state index contributed by atoms with van der Waals surface area (Å²) in [5.74, 6) is 0.104. The van der Waals surface area contributed by atoms with Crippen LogP contribution < -0.4 is 0 Å². The molecular weight excluding hydrogens is 881 g/mol. The third kappa shape index (κ3) is 10.4. The Labute approximate surface area is 354 Å². The molecule has 0 bridgehead atoms. The van der Waals surface area contributed by atoms with Crippen molar-refractivity contribution in [3.63, 3.8) is 0 Å². The van der Waals surface area contributed by atoms with Crippen LogP contribution in [0.25, 0.3) is 54.9 Å². The van der Waals surface area contributed by atoms with Crippen LogP contribution in [0, 0.1) is 23.0 Å². The van der Waals surface area contributed by atoms with Crippen LogP contribution in [0.4, 0.5) is 0 Å². The van der Waals surface area contributed by atoms with Crippen molar-refractivity contribution < 1.29 is 34.4 Å². The average Bonchev–Trinajstić information content (AvgIpc) is 3.49. The monoisotopic (exact) mass is 941 g/mol. The number of carbonyl (C=O) groups excluding carboxylic acids is 1. The van der Waals surface area contributed by atoms with Crippen molar-refractivity contribution >= 4 is 49.4 Å². The van der Waals surface area contributed by atoms with Crippen LogP contribution in [0.5, 0.6) is 0 Å². The molecule has 0 aliphatic rings. The second-order valence-electron chi connectivity index (χ2n) is 20.1. The van der Waals surface area contributed by atoms with E-state index in [1.807, 2.05) is 72.1 Å². The van der Waals surface area contributed by atoms with E-state index in [1.54, 1.807) is 0 Å². The Morgan fingerprint density at radius 3 is 1.84 bits per heavy atom. The van der Waals surface area contributed by atoms with Gasteiger partial charge in [0.25, 0.3) is 0 Å². The fourth-order valence-corrected chi connectivity index (χ4v) is 6.20. The molecule has 0 aliphatic carbocycles. The van der Waals surface area contributed by atoms with Gasteiger partial charge in [-0.05, 0) is 51.1 Å². The maximum atomic E-state index is 11.5.